The SMILES string of the molecule is CC1(C)CC(=O)C2=C(C1)Nc1nc(SCc3cccc(F)c3)[nH]c(=O)c1C2c1ccc(Br)cc1. The van der Waals surface area contributed by atoms with Gasteiger partial charge in [-0.15, -0.1) is 0 Å². The summed E-state index contributed by atoms with van der Waals surface area (Å²) in [5, 5.41) is 3.77. The highest BCUT2D eigenvalue weighted by atomic mass is 79.9. The van der Waals surface area contributed by atoms with E-state index in [0.717, 1.165) is 21.3 Å². The highest BCUT2D eigenvalue weighted by Gasteiger charge is 2.42. The molecule has 1 unspecified atom stereocenters. The number of aromatic amines is 1. The lowest BCUT2D eigenvalue weighted by atomic mass is 9.69. The highest BCUT2D eigenvalue weighted by molar-refractivity contribution is 9.10. The van der Waals surface area contributed by atoms with E-state index in [2.05, 4.69) is 40.1 Å². The van der Waals surface area contributed by atoms with Crippen LogP contribution in [0, 0.1) is 11.2 Å². The van der Waals surface area contributed by atoms with Crippen molar-refractivity contribution in [2.75, 3.05) is 5.32 Å². The van der Waals surface area contributed by atoms with Crippen molar-refractivity contribution < 1.29 is 9.18 Å². The van der Waals surface area contributed by atoms with E-state index < -0.39 is 5.92 Å². The van der Waals surface area contributed by atoms with Crippen molar-refractivity contribution in [3.05, 3.63) is 97.1 Å². The molecular weight excluding hydrogens is 517 g/mol. The summed E-state index contributed by atoms with van der Waals surface area (Å²) in [6, 6.07) is 14.1. The second-order valence-electron chi connectivity index (χ2n) is 9.49. The molecule has 8 heteroatoms. The molecule has 174 valence electrons. The van der Waals surface area contributed by atoms with Gasteiger partial charge < -0.3 is 10.3 Å². The molecule has 0 amide bonds. The lowest BCUT2D eigenvalue weighted by Gasteiger charge is -2.38. The fourth-order valence-electron chi connectivity index (χ4n) is 4.73. The number of benzene rings is 2. The quantitative estimate of drug-likeness (QED) is 0.306. The minimum atomic E-state index is -0.485. The van der Waals surface area contributed by atoms with Crippen LogP contribution in [0.25, 0.3) is 0 Å². The average molecular weight is 540 g/mol. The summed E-state index contributed by atoms with van der Waals surface area (Å²) >= 11 is 4.80. The standard InChI is InChI=1S/C26H23BrFN3O2S/c1-26(2)11-18-21(19(32)12-26)20(15-6-8-16(27)9-7-15)22-23(29-18)30-25(31-24(22)33)34-13-14-4-3-5-17(28)10-14/h3-10,20H,11-13H2,1-2H3,(H2,29,30,31,33). The Labute approximate surface area is 209 Å². The monoisotopic (exact) mass is 539 g/mol. The maximum atomic E-state index is 13.5. The van der Waals surface area contributed by atoms with Crippen molar-refractivity contribution in [3.63, 3.8) is 0 Å². The second-order valence-corrected chi connectivity index (χ2v) is 11.4. The minimum Gasteiger partial charge on any atom is -0.343 e. The molecule has 34 heavy (non-hydrogen) atoms. The number of carbonyl (C=O) groups excluding carboxylic acids is 1. The van der Waals surface area contributed by atoms with Gasteiger partial charge in [0.15, 0.2) is 10.9 Å². The van der Waals surface area contributed by atoms with Gasteiger partial charge in [-0.1, -0.05) is 65.8 Å². The van der Waals surface area contributed by atoms with Crippen molar-refractivity contribution in [2.45, 2.75) is 43.5 Å². The Morgan fingerprint density at radius 2 is 1.91 bits per heavy atom. The number of halogens is 2. The van der Waals surface area contributed by atoms with E-state index in [1.165, 1.54) is 23.9 Å². The van der Waals surface area contributed by atoms with Gasteiger partial charge in [0.25, 0.3) is 5.56 Å². The summed E-state index contributed by atoms with van der Waals surface area (Å²) in [4.78, 5) is 34.2. The molecule has 0 spiro atoms. The fraction of sp³-hybridized carbons (Fsp3) is 0.269. The Morgan fingerprint density at radius 3 is 2.65 bits per heavy atom. The number of ketones is 1. The molecule has 0 saturated carbocycles. The molecule has 1 aliphatic heterocycles. The Hall–Kier alpha value is -2.71. The number of rotatable bonds is 4. The van der Waals surface area contributed by atoms with Crippen LogP contribution >= 0.6 is 27.7 Å². The topological polar surface area (TPSA) is 74.8 Å². The zero-order valence-corrected chi connectivity index (χ0v) is 21.1. The lowest BCUT2D eigenvalue weighted by molar-refractivity contribution is -0.118. The van der Waals surface area contributed by atoms with Crippen molar-refractivity contribution >= 4 is 39.3 Å². The zero-order chi connectivity index (χ0) is 24.0. The number of nitrogens with zero attached hydrogens (tertiary/aromatic N) is 1. The third-order valence-corrected chi connectivity index (χ3v) is 7.64. The van der Waals surface area contributed by atoms with Gasteiger partial charge in [0, 0.05) is 33.8 Å². The smallest absolute Gasteiger partial charge is 0.257 e. The van der Waals surface area contributed by atoms with Crippen LogP contribution in [0.2, 0.25) is 0 Å². The molecule has 2 N–H and O–H groups in total. The molecule has 1 aliphatic carbocycles. The summed E-state index contributed by atoms with van der Waals surface area (Å²) in [6.45, 7) is 4.15. The molecule has 1 aromatic heterocycles. The number of carbonyl (C=O) groups is 1. The van der Waals surface area contributed by atoms with E-state index in [1.54, 1.807) is 6.07 Å². The first-order chi connectivity index (χ1) is 16.2. The predicted octanol–water partition coefficient (Wildman–Crippen LogP) is 6.16. The van der Waals surface area contributed by atoms with Gasteiger partial charge in [0.1, 0.15) is 11.6 Å². The van der Waals surface area contributed by atoms with E-state index in [-0.39, 0.29) is 22.6 Å². The van der Waals surface area contributed by atoms with Crippen molar-refractivity contribution in [1.82, 2.24) is 9.97 Å². The van der Waals surface area contributed by atoms with Crippen molar-refractivity contribution in [3.8, 4) is 0 Å². The molecule has 0 radical (unpaired) electrons. The fourth-order valence-corrected chi connectivity index (χ4v) is 5.80. The molecule has 3 aromatic rings. The van der Waals surface area contributed by atoms with Gasteiger partial charge in [-0.2, -0.15) is 0 Å². The minimum absolute atomic E-state index is 0.0567. The van der Waals surface area contributed by atoms with Crippen LogP contribution in [0.5, 0.6) is 0 Å². The zero-order valence-electron chi connectivity index (χ0n) is 18.7. The number of thioether (sulfide) groups is 1. The van der Waals surface area contributed by atoms with E-state index in [9.17, 15) is 14.0 Å². The van der Waals surface area contributed by atoms with Gasteiger partial charge in [-0.05, 0) is 47.2 Å². The number of anilines is 1. The van der Waals surface area contributed by atoms with Crippen molar-refractivity contribution in [2.24, 2.45) is 5.41 Å². The number of fused-ring (bicyclic) bond motifs is 1. The summed E-state index contributed by atoms with van der Waals surface area (Å²) in [6.07, 6.45) is 1.13. The number of H-pyrrole nitrogens is 1. The van der Waals surface area contributed by atoms with E-state index >= 15 is 0 Å². The molecule has 5 nitrogen and oxygen atoms in total. The van der Waals surface area contributed by atoms with Gasteiger partial charge in [0.05, 0.1) is 5.56 Å². The Morgan fingerprint density at radius 1 is 1.15 bits per heavy atom. The third-order valence-electron chi connectivity index (χ3n) is 6.17. The summed E-state index contributed by atoms with van der Waals surface area (Å²) in [5.74, 6) is 0.216. The predicted molar refractivity (Wildman–Crippen MR) is 135 cm³/mol. The first-order valence-electron chi connectivity index (χ1n) is 11.0. The average Bonchev–Trinajstić information content (AvgIpc) is 2.76. The molecule has 2 heterocycles. The largest absolute Gasteiger partial charge is 0.343 e. The van der Waals surface area contributed by atoms with Gasteiger partial charge in [-0.25, -0.2) is 9.37 Å². The maximum Gasteiger partial charge on any atom is 0.257 e. The molecule has 2 aliphatic rings. The number of allylic oxidation sites excluding steroid dienone is 2. The Bertz CT molecular complexity index is 1380. The summed E-state index contributed by atoms with van der Waals surface area (Å²) < 4.78 is 14.5. The second kappa shape index (κ2) is 8.82. The molecule has 0 saturated heterocycles. The Kier molecular flexibility index (Phi) is 5.98. The van der Waals surface area contributed by atoms with Crippen LogP contribution in [-0.4, -0.2) is 15.8 Å². The maximum absolute atomic E-state index is 13.5. The van der Waals surface area contributed by atoms with Gasteiger partial charge >= 0.3 is 0 Å². The van der Waals surface area contributed by atoms with Crippen LogP contribution in [0.15, 0.2) is 74.2 Å². The summed E-state index contributed by atoms with van der Waals surface area (Å²) in [5.41, 5.74) is 3.15. The highest BCUT2D eigenvalue weighted by Crippen LogP contribution is 2.47. The van der Waals surface area contributed by atoms with Crippen molar-refractivity contribution in [1.29, 1.82) is 0 Å². The number of Topliss-reactive ketones (excluding diaryl/α,β-unsaturated/α-hetero) is 1. The number of hydrogen-bond acceptors (Lipinski definition) is 5. The first-order valence-corrected chi connectivity index (χ1v) is 12.8. The molecule has 0 fully saturated rings. The molecule has 2 aromatic carbocycles. The van der Waals surface area contributed by atoms with Crippen LogP contribution < -0.4 is 10.9 Å². The number of hydrogen-bond donors (Lipinski definition) is 2. The Balaban J connectivity index is 1.58. The van der Waals surface area contributed by atoms with Crippen LogP contribution in [-0.2, 0) is 10.5 Å². The van der Waals surface area contributed by atoms with E-state index in [0.29, 0.717) is 40.7 Å². The molecule has 5 rings (SSSR count). The van der Waals surface area contributed by atoms with Crippen LogP contribution in [0.1, 0.15) is 49.3 Å². The summed E-state index contributed by atoms with van der Waals surface area (Å²) in [7, 11) is 0. The van der Waals surface area contributed by atoms with Crippen LogP contribution in [0.4, 0.5) is 10.2 Å². The van der Waals surface area contributed by atoms with E-state index in [4.69, 9.17) is 4.98 Å². The van der Waals surface area contributed by atoms with E-state index in [1.807, 2.05) is 30.3 Å². The number of nitrogens with one attached hydrogen (secondary N) is 2. The molecule has 0 bridgehead atoms. The number of aromatic nitrogens is 2. The lowest BCUT2D eigenvalue weighted by Crippen LogP contribution is -2.37. The molecular formula is C26H23BrFN3O2S. The third kappa shape index (κ3) is 4.49. The van der Waals surface area contributed by atoms with Gasteiger partial charge in [0.2, 0.25) is 0 Å². The first kappa shape index (κ1) is 23.1. The molecule has 1 atom stereocenters. The van der Waals surface area contributed by atoms with Crippen LogP contribution in [0.3, 0.4) is 0 Å². The van der Waals surface area contributed by atoms with Gasteiger partial charge in [-0.3, -0.25) is 9.59 Å². The normalized spacial score (nSPS) is 18.8.